The topological polar surface area (TPSA) is 74.0 Å². The van der Waals surface area contributed by atoms with Crippen LogP contribution < -0.4 is 10.1 Å². The number of aromatic nitrogens is 4. The fraction of sp³-hybridized carbons (Fsp3) is 0.350. The molecular weight excluding hydrogens is 454 g/mol. The van der Waals surface area contributed by atoms with Crippen molar-refractivity contribution < 1.29 is 27.1 Å². The van der Waals surface area contributed by atoms with E-state index in [-0.39, 0.29) is 0 Å². The maximum atomic E-state index is 13.3. The van der Waals surface area contributed by atoms with Gasteiger partial charge in [0, 0.05) is 0 Å². The fourth-order valence-corrected chi connectivity index (χ4v) is 3.53. The smallest absolute Gasteiger partial charge is 0.283 e. The minimum atomic E-state index is -3.18. The Hall–Kier alpha value is -3.08. The maximum Gasteiger partial charge on any atom is 0.283 e. The predicted molar refractivity (Wildman–Crippen MR) is 110 cm³/mol. The lowest BCUT2D eigenvalue weighted by molar-refractivity contribution is -0.117. The number of alkyl halides is 4. The van der Waals surface area contributed by atoms with Crippen LogP contribution in [0.1, 0.15) is 41.2 Å². The number of amides is 1. The summed E-state index contributed by atoms with van der Waals surface area (Å²) in [5.74, 6) is -0.0487. The Bertz CT molecular complexity index is 1130. The molecule has 32 heavy (non-hydrogen) atoms. The van der Waals surface area contributed by atoms with Crippen LogP contribution in [0.5, 0.6) is 5.75 Å². The van der Waals surface area contributed by atoms with Crippen LogP contribution in [0.3, 0.4) is 0 Å². The molecular formula is C20H20ClF4N5O2. The molecule has 2 aromatic heterocycles. The molecule has 2 heterocycles. The summed E-state index contributed by atoms with van der Waals surface area (Å²) in [5, 5.41) is 9.55. The lowest BCUT2D eigenvalue weighted by Gasteiger charge is -2.10. The number of benzene rings is 1. The lowest BCUT2D eigenvalue weighted by atomic mass is 10.2. The normalized spacial score (nSPS) is 11.4. The molecule has 0 unspecified atom stereocenters. The van der Waals surface area contributed by atoms with Crippen molar-refractivity contribution in [3.8, 4) is 5.75 Å². The van der Waals surface area contributed by atoms with Crippen molar-refractivity contribution in [3.05, 3.63) is 57.6 Å². The Morgan fingerprint density at radius 2 is 1.88 bits per heavy atom. The summed E-state index contributed by atoms with van der Waals surface area (Å²) in [6.07, 6.45) is -6.33. The third-order valence-corrected chi connectivity index (χ3v) is 5.16. The van der Waals surface area contributed by atoms with E-state index in [1.165, 1.54) is 0 Å². The maximum absolute atomic E-state index is 13.3. The van der Waals surface area contributed by atoms with Crippen molar-refractivity contribution in [2.45, 2.75) is 39.8 Å². The second kappa shape index (κ2) is 9.60. The van der Waals surface area contributed by atoms with Gasteiger partial charge in [0.05, 0.1) is 35.8 Å². The van der Waals surface area contributed by atoms with Crippen molar-refractivity contribution in [1.82, 2.24) is 19.6 Å². The highest BCUT2D eigenvalue weighted by molar-refractivity contribution is 6.32. The number of halogens is 5. The average Bonchev–Trinajstić information content (AvgIpc) is 3.19. The number of hydrogen-bond acceptors (Lipinski definition) is 4. The van der Waals surface area contributed by atoms with E-state index in [2.05, 4.69) is 15.5 Å². The highest BCUT2D eigenvalue weighted by Crippen LogP contribution is 2.34. The molecule has 0 bridgehead atoms. The number of ether oxygens (including phenoxy) is 1. The van der Waals surface area contributed by atoms with Crippen LogP contribution in [-0.4, -0.2) is 32.6 Å². The molecule has 1 amide bonds. The van der Waals surface area contributed by atoms with Gasteiger partial charge in [0.25, 0.3) is 12.9 Å². The molecule has 12 heteroatoms. The number of methoxy groups -OCH3 is 1. The van der Waals surface area contributed by atoms with Crippen LogP contribution >= 0.6 is 11.6 Å². The van der Waals surface area contributed by atoms with E-state index < -0.39 is 41.7 Å². The first-order valence-corrected chi connectivity index (χ1v) is 9.79. The van der Waals surface area contributed by atoms with Crippen LogP contribution in [0.15, 0.2) is 24.3 Å². The summed E-state index contributed by atoms with van der Waals surface area (Å²) in [4.78, 5) is 12.5. The summed E-state index contributed by atoms with van der Waals surface area (Å²) in [7, 11) is 1.56. The highest BCUT2D eigenvalue weighted by Gasteiger charge is 2.29. The first kappa shape index (κ1) is 23.6. The van der Waals surface area contributed by atoms with Gasteiger partial charge in [0.15, 0.2) is 0 Å². The van der Waals surface area contributed by atoms with Gasteiger partial charge in [-0.3, -0.25) is 14.2 Å². The third-order valence-electron chi connectivity index (χ3n) is 4.78. The van der Waals surface area contributed by atoms with Crippen molar-refractivity contribution in [3.63, 3.8) is 0 Å². The van der Waals surface area contributed by atoms with E-state index >= 15 is 0 Å². The van der Waals surface area contributed by atoms with E-state index in [1.54, 1.807) is 25.6 Å². The van der Waals surface area contributed by atoms with Crippen molar-refractivity contribution in [1.29, 1.82) is 0 Å². The van der Waals surface area contributed by atoms with Crippen LogP contribution in [0.2, 0.25) is 5.02 Å². The van der Waals surface area contributed by atoms with Crippen molar-refractivity contribution >= 4 is 23.2 Å². The Balaban J connectivity index is 1.80. The second-order valence-corrected chi connectivity index (χ2v) is 7.32. The molecule has 0 spiro atoms. The number of carbonyl (C=O) groups excluding carboxylic acids is 1. The number of carbonyl (C=O) groups is 1. The first-order valence-electron chi connectivity index (χ1n) is 9.41. The summed E-state index contributed by atoms with van der Waals surface area (Å²) < 4.78 is 59.9. The van der Waals surface area contributed by atoms with E-state index in [0.717, 1.165) is 5.56 Å². The first-order chi connectivity index (χ1) is 15.1. The van der Waals surface area contributed by atoms with Crippen molar-refractivity contribution in [2.24, 2.45) is 0 Å². The highest BCUT2D eigenvalue weighted by atomic mass is 35.5. The van der Waals surface area contributed by atoms with Gasteiger partial charge in [-0.05, 0) is 31.5 Å². The van der Waals surface area contributed by atoms with Crippen LogP contribution in [0.4, 0.5) is 23.2 Å². The molecule has 7 nitrogen and oxygen atoms in total. The van der Waals surface area contributed by atoms with Gasteiger partial charge < -0.3 is 10.1 Å². The van der Waals surface area contributed by atoms with E-state index in [9.17, 15) is 22.4 Å². The fourth-order valence-electron chi connectivity index (χ4n) is 3.23. The number of anilines is 1. The second-order valence-electron chi connectivity index (χ2n) is 6.95. The number of nitrogens with zero attached hydrogens (tertiary/aromatic N) is 4. The minimum absolute atomic E-state index is 0.392. The zero-order valence-electron chi connectivity index (χ0n) is 17.4. The number of nitrogens with one attached hydrogen (secondary N) is 1. The summed E-state index contributed by atoms with van der Waals surface area (Å²) >= 11 is 5.62. The Kier molecular flexibility index (Phi) is 7.07. The quantitative estimate of drug-likeness (QED) is 0.471. The monoisotopic (exact) mass is 473 g/mol. The Morgan fingerprint density at radius 1 is 1.16 bits per heavy atom. The number of aryl methyl sites for hydroxylation is 1. The molecule has 0 saturated heterocycles. The number of hydrogen-bond donors (Lipinski definition) is 1. The summed E-state index contributed by atoms with van der Waals surface area (Å²) in [6.45, 7) is 3.10. The molecule has 0 aliphatic rings. The largest absolute Gasteiger partial charge is 0.497 e. The average molecular weight is 474 g/mol. The van der Waals surface area contributed by atoms with E-state index in [1.807, 2.05) is 24.3 Å². The predicted octanol–water partition coefficient (Wildman–Crippen LogP) is 4.92. The summed E-state index contributed by atoms with van der Waals surface area (Å²) in [6, 6.07) is 7.39. The lowest BCUT2D eigenvalue weighted by Crippen LogP contribution is -2.22. The molecule has 0 saturated carbocycles. The molecule has 3 rings (SSSR count). The zero-order valence-corrected chi connectivity index (χ0v) is 18.1. The Morgan fingerprint density at radius 3 is 2.50 bits per heavy atom. The molecule has 0 radical (unpaired) electrons. The number of rotatable bonds is 8. The van der Waals surface area contributed by atoms with Gasteiger partial charge in [-0.1, -0.05) is 23.7 Å². The van der Waals surface area contributed by atoms with Crippen LogP contribution in [0.25, 0.3) is 0 Å². The third kappa shape index (κ3) is 4.87. The molecule has 0 atom stereocenters. The molecule has 1 N–H and O–H groups in total. The molecule has 1 aromatic carbocycles. The molecule has 3 aromatic rings. The summed E-state index contributed by atoms with van der Waals surface area (Å²) in [5.41, 5.74) is 0.510. The van der Waals surface area contributed by atoms with Gasteiger partial charge in [0.2, 0.25) is 5.91 Å². The van der Waals surface area contributed by atoms with E-state index in [0.29, 0.717) is 34.1 Å². The molecule has 0 aliphatic carbocycles. The molecule has 172 valence electrons. The molecule has 0 fully saturated rings. The van der Waals surface area contributed by atoms with E-state index in [4.69, 9.17) is 16.3 Å². The van der Waals surface area contributed by atoms with Crippen LogP contribution in [-0.2, 0) is 17.9 Å². The minimum Gasteiger partial charge on any atom is -0.497 e. The zero-order chi connectivity index (χ0) is 23.6. The SMILES string of the molecule is COc1cccc(Cn2nc(C)c(NC(=O)Cn3nc(C(F)F)c(Cl)c3C(F)F)c2C)c1. The van der Waals surface area contributed by atoms with Gasteiger partial charge in [-0.2, -0.15) is 10.2 Å². The molecule has 0 aliphatic heterocycles. The van der Waals surface area contributed by atoms with Crippen LogP contribution in [0, 0.1) is 13.8 Å². The van der Waals surface area contributed by atoms with Gasteiger partial charge in [-0.15, -0.1) is 0 Å². The van der Waals surface area contributed by atoms with Gasteiger partial charge in [-0.25, -0.2) is 17.6 Å². The van der Waals surface area contributed by atoms with Gasteiger partial charge in [0.1, 0.15) is 23.7 Å². The Labute approximate surface area is 185 Å². The van der Waals surface area contributed by atoms with Gasteiger partial charge >= 0.3 is 0 Å². The standard InChI is InChI=1S/C20H20ClF4N5O2/c1-10-16(11(2)29(27-10)8-12-5-4-6-13(7-12)32-3)26-14(31)9-30-18(20(24)25)15(21)17(28-30)19(22)23/h4-7,19-20H,8-9H2,1-3H3,(H,26,31). The van der Waals surface area contributed by atoms with Crippen molar-refractivity contribution in [2.75, 3.05) is 12.4 Å².